The number of H-pyrrole nitrogens is 1. The number of carboxylic acids is 2. The van der Waals surface area contributed by atoms with Crippen LogP contribution in [-0.2, 0) is 7.05 Å². The van der Waals surface area contributed by atoms with Crippen LogP contribution in [0.4, 0.5) is 0 Å². The van der Waals surface area contributed by atoms with Crippen molar-refractivity contribution in [2.24, 2.45) is 7.05 Å². The molecular weight excluding hydrogens is 458 g/mol. The molecule has 5 rings (SSSR count). The molecule has 0 unspecified atom stereocenters. The number of hydrogen-bond acceptors (Lipinski definition) is 4. The van der Waals surface area contributed by atoms with Gasteiger partial charge in [-0.25, -0.2) is 9.59 Å². The topological polar surface area (TPSA) is 117 Å². The van der Waals surface area contributed by atoms with E-state index >= 15 is 0 Å². The van der Waals surface area contributed by atoms with E-state index in [1.165, 1.54) is 6.07 Å². The minimum absolute atomic E-state index is 0.149. The standard InChI is InChI=1S/C25H18ClN3O5/c1-12-3-4-13(9-17(12)24(32)33)34-25-27-20-10-18(19(26)11-21(20)28-25)14-5-6-16(23(30)31)22-15(14)7-8-29(22)2/h3-11H,1-2H3,(H,27,28)(H,30,31)(H,32,33). The highest BCUT2D eigenvalue weighted by molar-refractivity contribution is 6.34. The quantitative estimate of drug-likeness (QED) is 0.292. The lowest BCUT2D eigenvalue weighted by Gasteiger charge is -2.09. The first-order chi connectivity index (χ1) is 16.2. The lowest BCUT2D eigenvalue weighted by atomic mass is 9.98. The van der Waals surface area contributed by atoms with Crippen molar-refractivity contribution in [3.8, 4) is 22.9 Å². The molecule has 3 N–H and O–H groups in total. The summed E-state index contributed by atoms with van der Waals surface area (Å²) >= 11 is 6.61. The Morgan fingerprint density at radius 3 is 2.50 bits per heavy atom. The molecule has 0 aliphatic heterocycles. The largest absolute Gasteiger partial charge is 0.478 e. The van der Waals surface area contributed by atoms with Crippen molar-refractivity contribution in [2.45, 2.75) is 6.92 Å². The van der Waals surface area contributed by atoms with Crippen molar-refractivity contribution in [2.75, 3.05) is 0 Å². The monoisotopic (exact) mass is 475 g/mol. The summed E-state index contributed by atoms with van der Waals surface area (Å²) in [6.07, 6.45) is 1.81. The van der Waals surface area contributed by atoms with Crippen LogP contribution in [0.25, 0.3) is 33.1 Å². The number of aromatic amines is 1. The van der Waals surface area contributed by atoms with Crippen LogP contribution < -0.4 is 4.74 Å². The van der Waals surface area contributed by atoms with Gasteiger partial charge in [0.25, 0.3) is 6.01 Å². The summed E-state index contributed by atoms with van der Waals surface area (Å²) in [6.45, 7) is 1.71. The zero-order valence-electron chi connectivity index (χ0n) is 18.1. The van der Waals surface area contributed by atoms with Gasteiger partial charge in [0.15, 0.2) is 0 Å². The molecule has 34 heavy (non-hydrogen) atoms. The first-order valence-corrected chi connectivity index (χ1v) is 10.6. The number of nitrogens with zero attached hydrogens (tertiary/aromatic N) is 2. The number of rotatable bonds is 5. The second kappa shape index (κ2) is 7.93. The molecule has 0 aliphatic carbocycles. The van der Waals surface area contributed by atoms with E-state index in [1.807, 2.05) is 6.07 Å². The lowest BCUT2D eigenvalue weighted by molar-refractivity contribution is 0.0686. The summed E-state index contributed by atoms with van der Waals surface area (Å²) in [5.41, 5.74) is 4.29. The SMILES string of the molecule is Cc1ccc(Oc2nc3cc(-c4ccc(C(=O)O)c5c4ccn5C)c(Cl)cc3[nH]2)cc1C(=O)O. The molecule has 2 aromatic heterocycles. The minimum atomic E-state index is -1.04. The average molecular weight is 476 g/mol. The first-order valence-electron chi connectivity index (χ1n) is 10.3. The van der Waals surface area contributed by atoms with E-state index in [0.29, 0.717) is 38.4 Å². The van der Waals surface area contributed by atoms with Crippen molar-refractivity contribution >= 4 is 45.5 Å². The van der Waals surface area contributed by atoms with Gasteiger partial charge in [0.1, 0.15) is 5.75 Å². The third-order valence-electron chi connectivity index (χ3n) is 5.76. The number of imidazole rings is 1. The molecule has 0 bridgehead atoms. The summed E-state index contributed by atoms with van der Waals surface area (Å²) in [6, 6.07) is 13.7. The van der Waals surface area contributed by atoms with Crippen molar-refractivity contribution in [3.05, 3.63) is 76.4 Å². The van der Waals surface area contributed by atoms with Crippen LogP contribution in [0.1, 0.15) is 26.3 Å². The third-order valence-corrected chi connectivity index (χ3v) is 6.07. The van der Waals surface area contributed by atoms with Crippen LogP contribution in [0, 0.1) is 6.92 Å². The number of aromatic nitrogens is 3. The zero-order valence-corrected chi connectivity index (χ0v) is 18.8. The number of aromatic carboxylic acids is 2. The fraction of sp³-hybridized carbons (Fsp3) is 0.0800. The molecule has 5 aromatic rings. The Morgan fingerprint density at radius 2 is 1.76 bits per heavy atom. The molecule has 0 atom stereocenters. The Morgan fingerprint density at radius 1 is 1.00 bits per heavy atom. The number of halogens is 1. The van der Waals surface area contributed by atoms with Crippen LogP contribution in [0.15, 0.2) is 54.7 Å². The summed E-state index contributed by atoms with van der Waals surface area (Å²) in [5, 5.41) is 20.1. The Balaban J connectivity index is 1.58. The fourth-order valence-corrected chi connectivity index (χ4v) is 4.36. The Kier molecular flexibility index (Phi) is 5.02. The maximum absolute atomic E-state index is 11.7. The Labute approximate surface area is 198 Å². The Hall–Kier alpha value is -4.30. The number of nitrogens with one attached hydrogen (secondary N) is 1. The number of ether oxygens (including phenoxy) is 1. The lowest BCUT2D eigenvalue weighted by Crippen LogP contribution is -2.01. The highest BCUT2D eigenvalue weighted by Crippen LogP contribution is 2.38. The van der Waals surface area contributed by atoms with Crippen LogP contribution in [0.2, 0.25) is 5.02 Å². The molecule has 9 heteroatoms. The predicted octanol–water partition coefficient (Wildman–Crippen LogP) is 5.87. The zero-order chi connectivity index (χ0) is 24.1. The van der Waals surface area contributed by atoms with Gasteiger partial charge in [0, 0.05) is 24.2 Å². The molecule has 0 radical (unpaired) electrons. The summed E-state index contributed by atoms with van der Waals surface area (Å²) in [5.74, 6) is -1.70. The highest BCUT2D eigenvalue weighted by Gasteiger charge is 2.18. The molecule has 0 spiro atoms. The van der Waals surface area contributed by atoms with Crippen molar-refractivity contribution in [1.82, 2.24) is 14.5 Å². The number of aryl methyl sites for hydroxylation is 2. The number of benzene rings is 3. The second-order valence-corrected chi connectivity index (χ2v) is 8.34. The molecule has 8 nitrogen and oxygen atoms in total. The molecule has 170 valence electrons. The van der Waals surface area contributed by atoms with Gasteiger partial charge in [-0.1, -0.05) is 23.7 Å². The molecular formula is C25H18ClN3O5. The maximum atomic E-state index is 11.7. The van der Waals surface area contributed by atoms with E-state index in [9.17, 15) is 19.8 Å². The highest BCUT2D eigenvalue weighted by atomic mass is 35.5. The molecule has 0 saturated heterocycles. The van der Waals surface area contributed by atoms with Crippen molar-refractivity contribution in [1.29, 1.82) is 0 Å². The predicted molar refractivity (Wildman–Crippen MR) is 128 cm³/mol. The third kappa shape index (κ3) is 3.54. The molecule has 0 fully saturated rings. The fourth-order valence-electron chi connectivity index (χ4n) is 4.09. The van der Waals surface area contributed by atoms with E-state index in [-0.39, 0.29) is 17.1 Å². The second-order valence-electron chi connectivity index (χ2n) is 7.93. The van der Waals surface area contributed by atoms with Crippen LogP contribution in [-0.4, -0.2) is 36.7 Å². The van der Waals surface area contributed by atoms with Gasteiger partial charge < -0.3 is 24.5 Å². The van der Waals surface area contributed by atoms with Gasteiger partial charge in [-0.2, -0.15) is 4.98 Å². The van der Waals surface area contributed by atoms with Gasteiger partial charge in [-0.05, 0) is 54.4 Å². The van der Waals surface area contributed by atoms with Crippen molar-refractivity contribution < 1.29 is 24.5 Å². The number of carbonyl (C=O) groups is 2. The van der Waals surface area contributed by atoms with Gasteiger partial charge in [0.2, 0.25) is 0 Å². The van der Waals surface area contributed by atoms with E-state index < -0.39 is 11.9 Å². The maximum Gasteiger partial charge on any atom is 0.337 e. The van der Waals surface area contributed by atoms with Crippen LogP contribution >= 0.6 is 11.6 Å². The van der Waals surface area contributed by atoms with Crippen molar-refractivity contribution in [3.63, 3.8) is 0 Å². The molecule has 0 aliphatic rings. The number of fused-ring (bicyclic) bond motifs is 2. The average Bonchev–Trinajstić information content (AvgIpc) is 3.36. The van der Waals surface area contributed by atoms with E-state index in [1.54, 1.807) is 61.1 Å². The molecule has 0 amide bonds. The molecule has 0 saturated carbocycles. The number of carboxylic acid groups (broad SMARTS) is 2. The smallest absolute Gasteiger partial charge is 0.337 e. The number of hydrogen-bond donors (Lipinski definition) is 3. The van der Waals surface area contributed by atoms with Crippen LogP contribution in [0.3, 0.4) is 0 Å². The first kappa shape index (κ1) is 21.5. The van der Waals surface area contributed by atoms with E-state index in [0.717, 1.165) is 10.9 Å². The van der Waals surface area contributed by atoms with Gasteiger partial charge in [0.05, 0.1) is 32.7 Å². The van der Waals surface area contributed by atoms with E-state index in [4.69, 9.17) is 16.3 Å². The normalized spacial score (nSPS) is 11.3. The molecule has 2 heterocycles. The van der Waals surface area contributed by atoms with E-state index in [2.05, 4.69) is 9.97 Å². The summed E-state index contributed by atoms with van der Waals surface area (Å²) in [7, 11) is 1.79. The van der Waals surface area contributed by atoms with Gasteiger partial charge in [-0.15, -0.1) is 0 Å². The Bertz CT molecular complexity index is 1630. The minimum Gasteiger partial charge on any atom is -0.478 e. The van der Waals surface area contributed by atoms with Gasteiger partial charge >= 0.3 is 11.9 Å². The van der Waals surface area contributed by atoms with Crippen LogP contribution in [0.5, 0.6) is 11.8 Å². The summed E-state index contributed by atoms with van der Waals surface area (Å²) in [4.78, 5) is 30.6. The molecule has 3 aromatic carbocycles. The van der Waals surface area contributed by atoms with Gasteiger partial charge in [-0.3, -0.25) is 0 Å². The summed E-state index contributed by atoms with van der Waals surface area (Å²) < 4.78 is 7.53.